The van der Waals surface area contributed by atoms with Gasteiger partial charge in [-0.15, -0.1) is 23.2 Å². The van der Waals surface area contributed by atoms with E-state index in [0.717, 1.165) is 9.80 Å². The summed E-state index contributed by atoms with van der Waals surface area (Å²) >= 11 is 17.6. The number of nitrogens with zero attached hydrogens (tertiary/aromatic N) is 3. The highest BCUT2D eigenvalue weighted by Gasteiger charge is 2.76. The number of benzene rings is 2. The maximum Gasteiger partial charge on any atom is 0.269 e. The van der Waals surface area contributed by atoms with E-state index in [2.05, 4.69) is 15.9 Å². The first-order valence-electron chi connectivity index (χ1n) is 12.9. The molecule has 2 aromatic rings. The molecule has 0 radical (unpaired) electrons. The molecule has 14 heteroatoms. The van der Waals surface area contributed by atoms with Gasteiger partial charge in [-0.1, -0.05) is 11.6 Å². The highest BCUT2D eigenvalue weighted by Crippen LogP contribution is 2.65. The number of nitro benzene ring substituents is 1. The second kappa shape index (κ2) is 9.51. The Labute approximate surface area is 257 Å². The number of alkyl halides is 2. The minimum atomic E-state index is -1.99. The smallest absolute Gasteiger partial charge is 0.269 e. The summed E-state index contributed by atoms with van der Waals surface area (Å²) in [6.07, 6.45) is 1.75. The number of likely N-dealkylation sites (tertiary alicyclic amines) is 1. The fourth-order valence-corrected chi connectivity index (χ4v) is 8.49. The number of methoxy groups -OCH3 is 1. The van der Waals surface area contributed by atoms with Crippen LogP contribution < -0.4 is 9.64 Å². The van der Waals surface area contributed by atoms with E-state index in [0.29, 0.717) is 11.1 Å². The molecule has 0 unspecified atom stereocenters. The van der Waals surface area contributed by atoms with E-state index < -0.39 is 62.0 Å². The van der Waals surface area contributed by atoms with E-state index in [-0.39, 0.29) is 40.2 Å². The van der Waals surface area contributed by atoms with Gasteiger partial charge in [0.25, 0.3) is 17.5 Å². The first kappa shape index (κ1) is 28.6. The molecule has 2 aromatic carbocycles. The van der Waals surface area contributed by atoms with Gasteiger partial charge in [0, 0.05) is 25.1 Å². The standard InChI is InChI=1S/C28H22BrCl2N3O8/c1-32-25(38)27(30)11-17-15(21(28(27,31)26(32)39)12-9-18(29)22(35)19(10-12)42-2)7-8-16-20(17)24(37)33(23(16)36)13-3-5-14(6-4-13)34(40)41/h3-7,9-10,16-17,20-21,35H,8,11H2,1-2H3/t16-,17+,20-,21-,27+,28-/m0/s1. The Morgan fingerprint density at radius 1 is 1.07 bits per heavy atom. The Morgan fingerprint density at radius 2 is 1.74 bits per heavy atom. The first-order valence-corrected chi connectivity index (χ1v) is 14.4. The van der Waals surface area contributed by atoms with Gasteiger partial charge in [-0.05, 0) is 64.5 Å². The molecule has 2 aliphatic carbocycles. The van der Waals surface area contributed by atoms with Gasteiger partial charge in [0.2, 0.25) is 11.8 Å². The Bertz CT molecular complexity index is 1650. The number of amides is 4. The Balaban J connectivity index is 1.50. The van der Waals surface area contributed by atoms with E-state index in [9.17, 15) is 34.4 Å². The van der Waals surface area contributed by atoms with E-state index in [4.69, 9.17) is 27.9 Å². The van der Waals surface area contributed by atoms with Gasteiger partial charge in [-0.25, -0.2) is 0 Å². The molecule has 1 saturated carbocycles. The summed E-state index contributed by atoms with van der Waals surface area (Å²) in [7, 11) is 2.65. The zero-order valence-electron chi connectivity index (χ0n) is 22.0. The van der Waals surface area contributed by atoms with E-state index in [1.54, 1.807) is 12.1 Å². The number of fused-ring (bicyclic) bond motifs is 4. The molecule has 6 atom stereocenters. The number of halogens is 3. The van der Waals surface area contributed by atoms with Crippen LogP contribution >= 0.6 is 39.1 Å². The van der Waals surface area contributed by atoms with Crippen LogP contribution in [-0.4, -0.2) is 62.5 Å². The molecule has 2 aliphatic heterocycles. The Hall–Kier alpha value is -3.48. The number of carbonyl (C=O) groups is 4. The number of anilines is 1. The van der Waals surface area contributed by atoms with Crippen molar-refractivity contribution in [2.24, 2.45) is 17.8 Å². The van der Waals surface area contributed by atoms with Crippen molar-refractivity contribution in [3.8, 4) is 11.5 Å². The van der Waals surface area contributed by atoms with Crippen LogP contribution in [-0.2, 0) is 19.2 Å². The summed E-state index contributed by atoms with van der Waals surface area (Å²) < 4.78 is 5.58. The number of nitro groups is 1. The summed E-state index contributed by atoms with van der Waals surface area (Å²) in [6.45, 7) is 0. The molecular weight excluding hydrogens is 657 g/mol. The van der Waals surface area contributed by atoms with Gasteiger partial charge in [-0.2, -0.15) is 0 Å². The average molecular weight is 679 g/mol. The van der Waals surface area contributed by atoms with Crippen molar-refractivity contribution in [1.82, 2.24) is 4.90 Å². The fraction of sp³-hybridized carbons (Fsp3) is 0.357. The summed E-state index contributed by atoms with van der Waals surface area (Å²) in [6, 6.07) is 8.16. The van der Waals surface area contributed by atoms with Crippen molar-refractivity contribution >= 4 is 74.1 Å². The van der Waals surface area contributed by atoms with Crippen LogP contribution in [0.3, 0.4) is 0 Å². The summed E-state index contributed by atoms with van der Waals surface area (Å²) in [5.41, 5.74) is 0.975. The second-order valence-corrected chi connectivity index (χ2v) is 12.9. The Morgan fingerprint density at radius 3 is 2.36 bits per heavy atom. The van der Waals surface area contributed by atoms with Crippen LogP contribution in [0, 0.1) is 27.9 Å². The first-order chi connectivity index (χ1) is 19.8. The lowest BCUT2D eigenvalue weighted by Gasteiger charge is -2.50. The monoisotopic (exact) mass is 677 g/mol. The molecule has 6 rings (SSSR count). The number of aromatic hydroxyl groups is 1. The minimum absolute atomic E-state index is 0.0813. The maximum absolute atomic E-state index is 14.0. The van der Waals surface area contributed by atoms with Crippen LogP contribution in [0.15, 0.2) is 52.5 Å². The maximum atomic E-state index is 14.0. The van der Waals surface area contributed by atoms with Gasteiger partial charge < -0.3 is 9.84 Å². The summed E-state index contributed by atoms with van der Waals surface area (Å²) in [5, 5.41) is 21.6. The topological polar surface area (TPSA) is 147 Å². The molecule has 42 heavy (non-hydrogen) atoms. The number of non-ortho nitro benzene ring substituents is 1. The number of rotatable bonds is 4. The molecule has 0 spiro atoms. The quantitative estimate of drug-likeness (QED) is 0.166. The second-order valence-electron chi connectivity index (χ2n) is 10.8. The van der Waals surface area contributed by atoms with Crippen molar-refractivity contribution in [2.75, 3.05) is 19.1 Å². The lowest BCUT2D eigenvalue weighted by molar-refractivity contribution is -0.384. The summed E-state index contributed by atoms with van der Waals surface area (Å²) in [4.78, 5) is 63.3. The number of phenolic OH excluding ortho intramolecular Hbond substituents is 1. The van der Waals surface area contributed by atoms with E-state index >= 15 is 0 Å². The number of hydrogen-bond donors (Lipinski definition) is 1. The van der Waals surface area contributed by atoms with Crippen LogP contribution in [0.5, 0.6) is 11.5 Å². The normalized spacial score (nSPS) is 32.0. The zero-order chi connectivity index (χ0) is 30.5. The number of allylic oxidation sites excluding steroid dienone is 2. The molecule has 218 valence electrons. The number of carbonyl (C=O) groups excluding carboxylic acids is 4. The molecule has 0 aromatic heterocycles. The van der Waals surface area contributed by atoms with Crippen LogP contribution in [0.4, 0.5) is 11.4 Å². The molecule has 1 N–H and O–H groups in total. The van der Waals surface area contributed by atoms with Crippen LogP contribution in [0.25, 0.3) is 0 Å². The average Bonchev–Trinajstić information content (AvgIpc) is 3.29. The highest BCUT2D eigenvalue weighted by molar-refractivity contribution is 9.10. The lowest BCUT2D eigenvalue weighted by atomic mass is 9.56. The van der Waals surface area contributed by atoms with Crippen LogP contribution in [0.1, 0.15) is 24.3 Å². The fourth-order valence-electron chi connectivity index (χ4n) is 7.01. The van der Waals surface area contributed by atoms with Crippen LogP contribution in [0.2, 0.25) is 0 Å². The minimum Gasteiger partial charge on any atom is -0.503 e. The zero-order valence-corrected chi connectivity index (χ0v) is 25.1. The van der Waals surface area contributed by atoms with Crippen molar-refractivity contribution < 1.29 is 33.9 Å². The number of ether oxygens (including phenoxy) is 1. The third-order valence-corrected chi connectivity index (χ3v) is 11.0. The van der Waals surface area contributed by atoms with E-state index in [1.807, 2.05) is 0 Å². The molecule has 4 aliphatic rings. The predicted molar refractivity (Wildman–Crippen MR) is 153 cm³/mol. The number of phenols is 1. The van der Waals surface area contributed by atoms with Gasteiger partial charge in [0.15, 0.2) is 21.2 Å². The third-order valence-electron chi connectivity index (χ3n) is 8.94. The number of hydrogen-bond acceptors (Lipinski definition) is 8. The van der Waals surface area contributed by atoms with Crippen molar-refractivity contribution in [2.45, 2.75) is 28.5 Å². The Kier molecular flexibility index (Phi) is 6.49. The molecule has 2 saturated heterocycles. The molecular formula is C28H22BrCl2N3O8. The molecule has 11 nitrogen and oxygen atoms in total. The predicted octanol–water partition coefficient (Wildman–Crippen LogP) is 4.26. The van der Waals surface area contributed by atoms with Crippen molar-refractivity contribution in [3.05, 3.63) is 68.2 Å². The molecule has 4 amide bonds. The van der Waals surface area contributed by atoms with Gasteiger partial charge >= 0.3 is 0 Å². The SMILES string of the molecule is COc1cc([C@H]2C3=CC[C@@H]4C(=O)N(c5ccc([N+](=O)[O-])cc5)C(=O)[C@@H]4[C@@H]3C[C@@]3(Cl)C(=O)N(C)C(=O)[C@@]23Cl)cc(Br)c1O. The van der Waals surface area contributed by atoms with E-state index in [1.165, 1.54) is 44.5 Å². The van der Waals surface area contributed by atoms with Gasteiger partial charge in [0.1, 0.15) is 0 Å². The lowest BCUT2D eigenvalue weighted by Crippen LogP contribution is -2.60. The van der Waals surface area contributed by atoms with Crippen molar-refractivity contribution in [1.29, 1.82) is 0 Å². The summed E-state index contributed by atoms with van der Waals surface area (Å²) in [5.74, 6) is -6.03. The number of imide groups is 2. The van der Waals surface area contributed by atoms with Gasteiger partial charge in [0.05, 0.1) is 34.0 Å². The largest absolute Gasteiger partial charge is 0.503 e. The molecule has 0 bridgehead atoms. The van der Waals surface area contributed by atoms with Crippen molar-refractivity contribution in [3.63, 3.8) is 0 Å². The van der Waals surface area contributed by atoms with Gasteiger partial charge in [-0.3, -0.25) is 39.1 Å². The highest BCUT2D eigenvalue weighted by atomic mass is 79.9. The molecule has 3 fully saturated rings. The molecule has 2 heterocycles. The third kappa shape index (κ3) is 3.58.